The zero-order valence-corrected chi connectivity index (χ0v) is 17.7. The van der Waals surface area contributed by atoms with E-state index in [0.29, 0.717) is 28.3 Å². The molecule has 0 aliphatic carbocycles. The molecule has 5 nitrogen and oxygen atoms in total. The van der Waals surface area contributed by atoms with Crippen LogP contribution in [0.3, 0.4) is 0 Å². The number of nitrogens with one attached hydrogen (secondary N) is 2. The molecule has 0 radical (unpaired) electrons. The summed E-state index contributed by atoms with van der Waals surface area (Å²) in [5, 5.41) is 5.69. The Balaban J connectivity index is 1.69. The summed E-state index contributed by atoms with van der Waals surface area (Å²) in [5.74, 6) is 0.0578. The summed E-state index contributed by atoms with van der Waals surface area (Å²) in [7, 11) is 0. The van der Waals surface area contributed by atoms with Gasteiger partial charge in [0.25, 0.3) is 11.8 Å². The smallest absolute Gasteiger partial charge is 0.259 e. The average Bonchev–Trinajstić information content (AvgIpc) is 2.71. The first kappa shape index (κ1) is 20.6. The molecule has 148 valence electrons. The van der Waals surface area contributed by atoms with Crippen molar-refractivity contribution in [2.45, 2.75) is 20.0 Å². The number of amides is 2. The molecule has 0 atom stereocenters. The van der Waals surface area contributed by atoms with Gasteiger partial charge >= 0.3 is 0 Å². The Hall–Kier alpha value is -3.12. The minimum absolute atomic E-state index is 0.0461. The third-order valence-electron chi connectivity index (χ3n) is 3.99. The molecule has 0 aliphatic rings. The van der Waals surface area contributed by atoms with E-state index in [1.165, 1.54) is 0 Å². The first-order valence-corrected chi connectivity index (χ1v) is 9.95. The maximum absolute atomic E-state index is 12.7. The Kier molecular flexibility index (Phi) is 6.67. The maximum atomic E-state index is 12.7. The molecule has 0 aromatic heterocycles. The van der Waals surface area contributed by atoms with Crippen LogP contribution in [0.4, 0.5) is 11.4 Å². The highest BCUT2D eigenvalue weighted by Gasteiger charge is 2.15. The van der Waals surface area contributed by atoms with E-state index in [1.54, 1.807) is 48.5 Å². The van der Waals surface area contributed by atoms with Gasteiger partial charge in [-0.15, -0.1) is 0 Å². The molecule has 2 amide bonds. The average molecular weight is 453 g/mol. The zero-order chi connectivity index (χ0) is 20.8. The van der Waals surface area contributed by atoms with Gasteiger partial charge < -0.3 is 15.4 Å². The van der Waals surface area contributed by atoms with Crippen molar-refractivity contribution in [1.82, 2.24) is 0 Å². The molecule has 3 rings (SSSR count). The number of halogens is 1. The maximum Gasteiger partial charge on any atom is 0.259 e. The number of carbonyl (C=O) groups is 2. The number of anilines is 2. The predicted octanol–water partition coefficient (Wildman–Crippen LogP) is 5.74. The van der Waals surface area contributed by atoms with Crippen LogP contribution in [0.1, 0.15) is 34.6 Å². The lowest BCUT2D eigenvalue weighted by Crippen LogP contribution is -2.16. The van der Waals surface area contributed by atoms with Gasteiger partial charge in [0.15, 0.2) is 0 Å². The molecule has 29 heavy (non-hydrogen) atoms. The lowest BCUT2D eigenvalue weighted by atomic mass is 10.1. The normalized spacial score (nSPS) is 10.5. The van der Waals surface area contributed by atoms with Crippen molar-refractivity contribution >= 4 is 39.1 Å². The van der Waals surface area contributed by atoms with Gasteiger partial charge in [0.1, 0.15) is 5.75 Å². The molecule has 0 aliphatic heterocycles. The number of ether oxygens (including phenoxy) is 1. The van der Waals surface area contributed by atoms with E-state index >= 15 is 0 Å². The monoisotopic (exact) mass is 452 g/mol. The van der Waals surface area contributed by atoms with Crippen molar-refractivity contribution in [2.75, 3.05) is 10.6 Å². The van der Waals surface area contributed by atoms with Gasteiger partial charge in [-0.1, -0.05) is 34.1 Å². The summed E-state index contributed by atoms with van der Waals surface area (Å²) in [6.07, 6.45) is -0.0461. The number of benzene rings is 3. The fourth-order valence-corrected chi connectivity index (χ4v) is 3.03. The van der Waals surface area contributed by atoms with Crippen LogP contribution < -0.4 is 15.4 Å². The minimum atomic E-state index is -0.275. The molecule has 0 unspecified atom stereocenters. The fraction of sp³-hybridized carbons (Fsp3) is 0.130. The second-order valence-electron chi connectivity index (χ2n) is 6.66. The largest absolute Gasteiger partial charge is 0.490 e. The van der Waals surface area contributed by atoms with Crippen LogP contribution in [0, 0.1) is 0 Å². The first-order chi connectivity index (χ1) is 13.9. The van der Waals surface area contributed by atoms with Crippen molar-refractivity contribution in [3.8, 4) is 5.75 Å². The van der Waals surface area contributed by atoms with E-state index in [9.17, 15) is 9.59 Å². The molecule has 3 aromatic rings. The Morgan fingerprint density at radius 2 is 1.41 bits per heavy atom. The molecular weight excluding hydrogens is 432 g/mol. The van der Waals surface area contributed by atoms with Gasteiger partial charge in [0.05, 0.1) is 11.7 Å². The van der Waals surface area contributed by atoms with E-state index in [2.05, 4.69) is 26.6 Å². The molecule has 0 bridgehead atoms. The Morgan fingerprint density at radius 1 is 0.828 bits per heavy atom. The molecular formula is C23H21BrN2O3. The van der Waals surface area contributed by atoms with E-state index < -0.39 is 0 Å². The van der Waals surface area contributed by atoms with Crippen LogP contribution in [0.5, 0.6) is 5.75 Å². The van der Waals surface area contributed by atoms with Crippen LogP contribution in [-0.2, 0) is 0 Å². The molecule has 0 fully saturated rings. The number of hydrogen-bond donors (Lipinski definition) is 2. The topological polar surface area (TPSA) is 67.4 Å². The Morgan fingerprint density at radius 3 is 2.00 bits per heavy atom. The highest BCUT2D eigenvalue weighted by molar-refractivity contribution is 9.10. The van der Waals surface area contributed by atoms with Crippen molar-refractivity contribution < 1.29 is 14.3 Å². The van der Waals surface area contributed by atoms with E-state index in [0.717, 1.165) is 4.47 Å². The fourth-order valence-electron chi connectivity index (χ4n) is 2.66. The first-order valence-electron chi connectivity index (χ1n) is 9.16. The second kappa shape index (κ2) is 9.39. The number of hydrogen-bond acceptors (Lipinski definition) is 3. The molecule has 3 aromatic carbocycles. The molecule has 0 spiro atoms. The minimum Gasteiger partial charge on any atom is -0.490 e. The van der Waals surface area contributed by atoms with Gasteiger partial charge in [-0.25, -0.2) is 0 Å². The van der Waals surface area contributed by atoms with Crippen molar-refractivity contribution in [3.63, 3.8) is 0 Å². The third kappa shape index (κ3) is 5.68. The van der Waals surface area contributed by atoms with Crippen LogP contribution in [0.25, 0.3) is 0 Å². The summed E-state index contributed by atoms with van der Waals surface area (Å²) >= 11 is 3.39. The van der Waals surface area contributed by atoms with Crippen molar-refractivity contribution in [2.24, 2.45) is 0 Å². The standard InChI is InChI=1S/C23H21BrN2O3/c1-15(2)29-21-13-8-17(24)14-20(21)23(28)26-19-11-9-18(10-12-19)25-22(27)16-6-4-3-5-7-16/h3-15H,1-2H3,(H,25,27)(H,26,28). The summed E-state index contributed by atoms with van der Waals surface area (Å²) in [5.41, 5.74) is 2.28. The van der Waals surface area contributed by atoms with E-state index in [4.69, 9.17) is 4.74 Å². The van der Waals surface area contributed by atoms with Crippen LogP contribution in [0.15, 0.2) is 77.3 Å². The highest BCUT2D eigenvalue weighted by atomic mass is 79.9. The van der Waals surface area contributed by atoms with Crippen LogP contribution in [-0.4, -0.2) is 17.9 Å². The van der Waals surface area contributed by atoms with E-state index in [1.807, 2.05) is 38.1 Å². The number of carbonyl (C=O) groups excluding carboxylic acids is 2. The molecule has 0 saturated carbocycles. The molecule has 0 saturated heterocycles. The van der Waals surface area contributed by atoms with Gasteiger partial charge in [0.2, 0.25) is 0 Å². The van der Waals surface area contributed by atoms with Crippen LogP contribution in [0.2, 0.25) is 0 Å². The summed E-state index contributed by atoms with van der Waals surface area (Å²) in [6, 6.07) is 21.3. The van der Waals surface area contributed by atoms with Gasteiger partial charge in [0, 0.05) is 21.4 Å². The highest BCUT2D eigenvalue weighted by Crippen LogP contribution is 2.25. The van der Waals surface area contributed by atoms with Gasteiger partial charge in [-0.05, 0) is 68.4 Å². The second-order valence-corrected chi connectivity index (χ2v) is 7.57. The Bertz CT molecular complexity index is 1000. The van der Waals surface area contributed by atoms with Crippen LogP contribution >= 0.6 is 15.9 Å². The SMILES string of the molecule is CC(C)Oc1ccc(Br)cc1C(=O)Nc1ccc(NC(=O)c2ccccc2)cc1. The Labute approximate surface area is 178 Å². The summed E-state index contributed by atoms with van der Waals surface area (Å²) in [4.78, 5) is 25.0. The third-order valence-corrected chi connectivity index (χ3v) is 4.48. The zero-order valence-electron chi connectivity index (χ0n) is 16.1. The molecule has 0 heterocycles. The van der Waals surface area contributed by atoms with Gasteiger partial charge in [-0.2, -0.15) is 0 Å². The molecule has 6 heteroatoms. The van der Waals surface area contributed by atoms with E-state index in [-0.39, 0.29) is 17.9 Å². The lowest BCUT2D eigenvalue weighted by molar-refractivity contribution is 0.101. The number of rotatable bonds is 6. The summed E-state index contributed by atoms with van der Waals surface area (Å²) in [6.45, 7) is 3.82. The quantitative estimate of drug-likeness (QED) is 0.500. The van der Waals surface area contributed by atoms with Crippen molar-refractivity contribution in [3.05, 3.63) is 88.4 Å². The summed E-state index contributed by atoms with van der Waals surface area (Å²) < 4.78 is 6.52. The molecule has 2 N–H and O–H groups in total. The lowest BCUT2D eigenvalue weighted by Gasteiger charge is -2.15. The predicted molar refractivity (Wildman–Crippen MR) is 119 cm³/mol. The van der Waals surface area contributed by atoms with Gasteiger partial charge in [-0.3, -0.25) is 9.59 Å². The van der Waals surface area contributed by atoms with Crippen molar-refractivity contribution in [1.29, 1.82) is 0 Å².